The highest BCUT2D eigenvalue weighted by molar-refractivity contribution is 6.32. The van der Waals surface area contributed by atoms with Crippen LogP contribution in [0.25, 0.3) is 0 Å². The highest BCUT2D eigenvalue weighted by atomic mass is 35.5. The molecule has 3 aliphatic rings. The van der Waals surface area contributed by atoms with Gasteiger partial charge in [-0.25, -0.2) is 0 Å². The molecule has 138 valence electrons. The standard InChI is InChI=1S/C20H14Cl2O5/c21-13-5-11-17(7-15(13)23)26-18-8-16(24)14(22)6-12(18)20(11)10-4-2-1-3-9(10)19(25)27-20/h2,4-10,23-24H,1,3H2. The van der Waals surface area contributed by atoms with E-state index in [9.17, 15) is 15.0 Å². The van der Waals surface area contributed by atoms with Crippen molar-refractivity contribution < 1.29 is 24.5 Å². The zero-order valence-corrected chi connectivity index (χ0v) is 15.4. The van der Waals surface area contributed by atoms with Gasteiger partial charge >= 0.3 is 5.97 Å². The molecule has 0 bridgehead atoms. The second-order valence-electron chi connectivity index (χ2n) is 7.00. The number of hydrogen-bond donors (Lipinski definition) is 2. The van der Waals surface area contributed by atoms with Gasteiger partial charge in [-0.15, -0.1) is 0 Å². The lowest BCUT2D eigenvalue weighted by molar-refractivity contribution is -0.149. The number of rotatable bonds is 0. The third-order valence-corrected chi connectivity index (χ3v) is 6.18. The molecule has 27 heavy (non-hydrogen) atoms. The van der Waals surface area contributed by atoms with E-state index in [1.165, 1.54) is 12.1 Å². The van der Waals surface area contributed by atoms with Crippen molar-refractivity contribution in [1.82, 2.24) is 0 Å². The van der Waals surface area contributed by atoms with Gasteiger partial charge in [0.05, 0.1) is 16.0 Å². The lowest BCUT2D eigenvalue weighted by Crippen LogP contribution is -2.38. The van der Waals surface area contributed by atoms with Crippen molar-refractivity contribution in [1.29, 1.82) is 0 Å². The van der Waals surface area contributed by atoms with Crippen LogP contribution >= 0.6 is 23.2 Å². The molecule has 0 amide bonds. The van der Waals surface area contributed by atoms with Crippen LogP contribution in [0.2, 0.25) is 10.0 Å². The molecule has 2 aromatic carbocycles. The van der Waals surface area contributed by atoms with Crippen molar-refractivity contribution in [3.63, 3.8) is 0 Å². The first-order valence-electron chi connectivity index (χ1n) is 8.55. The Hall–Kier alpha value is -2.37. The van der Waals surface area contributed by atoms with Crippen molar-refractivity contribution >= 4 is 29.2 Å². The molecule has 2 N–H and O–H groups in total. The molecule has 2 heterocycles. The predicted molar refractivity (Wildman–Crippen MR) is 98.5 cm³/mol. The Morgan fingerprint density at radius 2 is 1.59 bits per heavy atom. The first-order valence-corrected chi connectivity index (χ1v) is 9.30. The summed E-state index contributed by atoms with van der Waals surface area (Å²) in [5, 5.41) is 20.3. The minimum absolute atomic E-state index is 0.129. The molecule has 5 rings (SSSR count). The maximum atomic E-state index is 12.7. The summed E-state index contributed by atoms with van der Waals surface area (Å²) < 4.78 is 11.9. The van der Waals surface area contributed by atoms with Gasteiger partial charge in [0.2, 0.25) is 0 Å². The molecule has 2 unspecified atom stereocenters. The van der Waals surface area contributed by atoms with Crippen LogP contribution in [-0.2, 0) is 15.1 Å². The second-order valence-corrected chi connectivity index (χ2v) is 7.81. The number of phenolic OH excluding ortho intramolecular Hbond substituents is 2. The van der Waals surface area contributed by atoms with Crippen molar-refractivity contribution in [2.75, 3.05) is 0 Å². The molecule has 1 saturated heterocycles. The number of hydrogen-bond acceptors (Lipinski definition) is 5. The fourth-order valence-electron chi connectivity index (χ4n) is 4.39. The summed E-state index contributed by atoms with van der Waals surface area (Å²) in [5.74, 6) is -0.525. The van der Waals surface area contributed by atoms with Gasteiger partial charge in [-0.2, -0.15) is 0 Å². The van der Waals surface area contributed by atoms with Gasteiger partial charge in [0, 0.05) is 29.2 Å². The van der Waals surface area contributed by atoms with Gasteiger partial charge in [-0.05, 0) is 25.0 Å². The molecule has 0 saturated carbocycles. The van der Waals surface area contributed by atoms with Crippen LogP contribution in [0.3, 0.4) is 0 Å². The Labute approximate surface area is 164 Å². The van der Waals surface area contributed by atoms with Crippen molar-refractivity contribution in [2.24, 2.45) is 11.8 Å². The van der Waals surface area contributed by atoms with Crippen molar-refractivity contribution in [3.8, 4) is 23.0 Å². The zero-order chi connectivity index (χ0) is 18.9. The number of phenols is 2. The molecular weight excluding hydrogens is 391 g/mol. The molecule has 1 aliphatic carbocycles. The smallest absolute Gasteiger partial charge is 0.310 e. The maximum Gasteiger partial charge on any atom is 0.310 e. The molecule has 0 aromatic heterocycles. The van der Waals surface area contributed by atoms with Gasteiger partial charge < -0.3 is 19.7 Å². The number of ether oxygens (including phenoxy) is 2. The van der Waals surface area contributed by atoms with Crippen LogP contribution < -0.4 is 4.74 Å². The Balaban J connectivity index is 1.86. The van der Waals surface area contributed by atoms with Crippen LogP contribution in [0, 0.1) is 11.8 Å². The summed E-state index contributed by atoms with van der Waals surface area (Å²) in [5.41, 5.74) is -0.0880. The molecule has 7 heteroatoms. The van der Waals surface area contributed by atoms with E-state index < -0.39 is 5.60 Å². The Morgan fingerprint density at radius 1 is 1.00 bits per heavy atom. The van der Waals surface area contributed by atoms with Gasteiger partial charge in [-0.3, -0.25) is 4.79 Å². The number of allylic oxidation sites excluding steroid dienone is 1. The van der Waals surface area contributed by atoms with E-state index in [0.29, 0.717) is 29.0 Å². The summed E-state index contributed by atoms with van der Waals surface area (Å²) in [6.07, 6.45) is 5.50. The molecule has 2 aromatic rings. The Kier molecular flexibility index (Phi) is 3.46. The summed E-state index contributed by atoms with van der Waals surface area (Å²) in [7, 11) is 0. The van der Waals surface area contributed by atoms with E-state index in [0.717, 1.165) is 6.42 Å². The van der Waals surface area contributed by atoms with E-state index in [4.69, 9.17) is 32.7 Å². The van der Waals surface area contributed by atoms with Crippen LogP contribution in [0.1, 0.15) is 24.0 Å². The SMILES string of the molecule is O=C1OC2(c3cc(Cl)c(O)cc3Oc3cc(O)c(Cl)cc32)C2C=CCCC12. The van der Waals surface area contributed by atoms with Crippen LogP contribution in [0.4, 0.5) is 0 Å². The molecule has 0 radical (unpaired) electrons. The van der Waals surface area contributed by atoms with Crippen molar-refractivity contribution in [3.05, 3.63) is 57.6 Å². The molecule has 2 atom stereocenters. The second kappa shape index (κ2) is 5.57. The lowest BCUT2D eigenvalue weighted by atomic mass is 9.68. The number of aromatic hydroxyl groups is 2. The molecular formula is C20H14Cl2O5. The predicted octanol–water partition coefficient (Wildman–Crippen LogP) is 4.89. The quantitative estimate of drug-likeness (QED) is 0.482. The highest BCUT2D eigenvalue weighted by Crippen LogP contribution is 2.61. The maximum absolute atomic E-state index is 12.7. The molecule has 2 aliphatic heterocycles. The first kappa shape index (κ1) is 16.8. The van der Waals surface area contributed by atoms with Crippen LogP contribution in [-0.4, -0.2) is 16.2 Å². The number of carbonyl (C=O) groups excluding carboxylic acids is 1. The number of carbonyl (C=O) groups is 1. The monoisotopic (exact) mass is 404 g/mol. The minimum atomic E-state index is -1.18. The third-order valence-electron chi connectivity index (χ3n) is 5.57. The van der Waals surface area contributed by atoms with Crippen LogP contribution in [0.5, 0.6) is 23.0 Å². The normalized spacial score (nSPS) is 24.0. The summed E-state index contributed by atoms with van der Waals surface area (Å²) in [6.45, 7) is 0. The summed E-state index contributed by atoms with van der Waals surface area (Å²) in [6, 6.07) is 5.91. The zero-order valence-electron chi connectivity index (χ0n) is 13.9. The van der Waals surface area contributed by atoms with E-state index in [1.54, 1.807) is 12.1 Å². The van der Waals surface area contributed by atoms with E-state index in [2.05, 4.69) is 0 Å². The average Bonchev–Trinajstić information content (AvgIpc) is 2.93. The van der Waals surface area contributed by atoms with Gasteiger partial charge in [0.1, 0.15) is 23.0 Å². The molecule has 1 fully saturated rings. The fraction of sp³-hybridized carbons (Fsp3) is 0.250. The Morgan fingerprint density at radius 3 is 2.19 bits per heavy atom. The van der Waals surface area contributed by atoms with Gasteiger partial charge in [0.25, 0.3) is 0 Å². The largest absolute Gasteiger partial charge is 0.506 e. The minimum Gasteiger partial charge on any atom is -0.506 e. The van der Waals surface area contributed by atoms with Gasteiger partial charge in [0.15, 0.2) is 5.60 Å². The fourth-order valence-corrected chi connectivity index (χ4v) is 4.71. The van der Waals surface area contributed by atoms with Crippen LogP contribution in [0.15, 0.2) is 36.4 Å². The number of benzene rings is 2. The number of esters is 1. The summed E-state index contributed by atoms with van der Waals surface area (Å²) in [4.78, 5) is 12.7. The average molecular weight is 405 g/mol. The van der Waals surface area contributed by atoms with E-state index in [1.807, 2.05) is 12.2 Å². The van der Waals surface area contributed by atoms with Gasteiger partial charge in [-0.1, -0.05) is 35.4 Å². The third kappa shape index (κ3) is 2.15. The number of halogens is 2. The van der Waals surface area contributed by atoms with E-state index in [-0.39, 0.29) is 39.3 Å². The van der Waals surface area contributed by atoms with Crippen molar-refractivity contribution in [2.45, 2.75) is 18.4 Å². The molecule has 5 nitrogen and oxygen atoms in total. The number of fused-ring (bicyclic) bond motifs is 6. The lowest BCUT2D eigenvalue weighted by Gasteiger charge is -2.40. The highest BCUT2D eigenvalue weighted by Gasteiger charge is 2.60. The topological polar surface area (TPSA) is 76.0 Å². The van der Waals surface area contributed by atoms with E-state index >= 15 is 0 Å². The Bertz CT molecular complexity index is 972. The first-order chi connectivity index (χ1) is 12.9. The summed E-state index contributed by atoms with van der Waals surface area (Å²) >= 11 is 12.3. The molecule has 1 spiro atoms.